The SMILES string of the molecule is Br.C#CCCCCCCC. The van der Waals surface area contributed by atoms with Crippen molar-refractivity contribution < 1.29 is 0 Å². The quantitative estimate of drug-likeness (QED) is 0.475. The summed E-state index contributed by atoms with van der Waals surface area (Å²) < 4.78 is 0. The first kappa shape index (κ1) is 12.7. The highest BCUT2D eigenvalue weighted by Crippen LogP contribution is 2.03. The van der Waals surface area contributed by atoms with Gasteiger partial charge in [0, 0.05) is 6.42 Å². The minimum absolute atomic E-state index is 0. The van der Waals surface area contributed by atoms with Crippen molar-refractivity contribution in [2.75, 3.05) is 0 Å². The Bertz CT molecular complexity index is 81.2. The van der Waals surface area contributed by atoms with Gasteiger partial charge in [0.15, 0.2) is 0 Å². The van der Waals surface area contributed by atoms with Crippen LogP contribution in [0.1, 0.15) is 45.4 Å². The first-order valence-electron chi connectivity index (χ1n) is 3.85. The summed E-state index contributed by atoms with van der Waals surface area (Å²) in [6.07, 6.45) is 12.6. The van der Waals surface area contributed by atoms with Crippen LogP contribution in [0, 0.1) is 12.3 Å². The predicted molar refractivity (Wildman–Crippen MR) is 52.5 cm³/mol. The molecule has 0 aromatic carbocycles. The van der Waals surface area contributed by atoms with E-state index in [-0.39, 0.29) is 17.0 Å². The van der Waals surface area contributed by atoms with Crippen LogP contribution in [0.2, 0.25) is 0 Å². The van der Waals surface area contributed by atoms with Gasteiger partial charge in [-0.2, -0.15) is 0 Å². The van der Waals surface area contributed by atoms with Crippen molar-refractivity contribution in [3.63, 3.8) is 0 Å². The largest absolute Gasteiger partial charge is 0.120 e. The lowest BCUT2D eigenvalue weighted by Gasteiger charge is -1.93. The van der Waals surface area contributed by atoms with Gasteiger partial charge in [-0.05, 0) is 6.42 Å². The Morgan fingerprint density at radius 3 is 2.20 bits per heavy atom. The minimum Gasteiger partial charge on any atom is -0.120 e. The maximum absolute atomic E-state index is 5.09. The second-order valence-electron chi connectivity index (χ2n) is 2.37. The van der Waals surface area contributed by atoms with Crippen molar-refractivity contribution in [1.29, 1.82) is 0 Å². The van der Waals surface area contributed by atoms with Crippen LogP contribution < -0.4 is 0 Å². The summed E-state index contributed by atoms with van der Waals surface area (Å²) in [6, 6.07) is 0. The summed E-state index contributed by atoms with van der Waals surface area (Å²) in [5, 5.41) is 0. The second-order valence-corrected chi connectivity index (χ2v) is 2.37. The van der Waals surface area contributed by atoms with Gasteiger partial charge in [0.2, 0.25) is 0 Å². The average Bonchev–Trinajstić information content (AvgIpc) is 1.89. The number of hydrogen-bond acceptors (Lipinski definition) is 0. The van der Waals surface area contributed by atoms with Crippen LogP contribution in [0.5, 0.6) is 0 Å². The van der Waals surface area contributed by atoms with Gasteiger partial charge in [0.25, 0.3) is 0 Å². The van der Waals surface area contributed by atoms with Crippen molar-refractivity contribution in [2.45, 2.75) is 45.4 Å². The van der Waals surface area contributed by atoms with Gasteiger partial charge in [-0.1, -0.05) is 32.6 Å². The maximum atomic E-state index is 5.09. The van der Waals surface area contributed by atoms with Gasteiger partial charge < -0.3 is 0 Å². The molecule has 0 rings (SSSR count). The molecule has 0 fully saturated rings. The van der Waals surface area contributed by atoms with E-state index in [1.165, 1.54) is 32.1 Å². The van der Waals surface area contributed by atoms with Gasteiger partial charge >= 0.3 is 0 Å². The fourth-order valence-electron chi connectivity index (χ4n) is 0.831. The average molecular weight is 205 g/mol. The van der Waals surface area contributed by atoms with Gasteiger partial charge in [-0.25, -0.2) is 0 Å². The zero-order valence-electron chi connectivity index (χ0n) is 6.73. The fourth-order valence-corrected chi connectivity index (χ4v) is 0.831. The predicted octanol–water partition coefficient (Wildman–Crippen LogP) is 3.56. The third-order valence-corrected chi connectivity index (χ3v) is 1.42. The van der Waals surface area contributed by atoms with Crippen LogP contribution >= 0.6 is 17.0 Å². The molecule has 0 unspecified atom stereocenters. The summed E-state index contributed by atoms with van der Waals surface area (Å²) in [4.78, 5) is 0. The highest BCUT2D eigenvalue weighted by molar-refractivity contribution is 8.93. The van der Waals surface area contributed by atoms with E-state index < -0.39 is 0 Å². The summed E-state index contributed by atoms with van der Waals surface area (Å²) in [5.74, 6) is 2.64. The number of rotatable bonds is 5. The van der Waals surface area contributed by atoms with E-state index in [0.29, 0.717) is 0 Å². The first-order chi connectivity index (χ1) is 4.41. The molecule has 0 atom stereocenters. The molecule has 0 bridgehead atoms. The smallest absolute Gasteiger partial charge is 0.00860 e. The minimum atomic E-state index is 0. The molecule has 0 heterocycles. The van der Waals surface area contributed by atoms with E-state index in [0.717, 1.165) is 6.42 Å². The molecular formula is C9H17Br. The van der Waals surface area contributed by atoms with Crippen molar-refractivity contribution >= 4 is 17.0 Å². The summed E-state index contributed by atoms with van der Waals surface area (Å²) >= 11 is 0. The molecule has 0 radical (unpaired) electrons. The van der Waals surface area contributed by atoms with Crippen molar-refractivity contribution in [1.82, 2.24) is 0 Å². The van der Waals surface area contributed by atoms with E-state index >= 15 is 0 Å². The second kappa shape index (κ2) is 11.8. The number of terminal acetylenes is 1. The molecule has 10 heavy (non-hydrogen) atoms. The summed E-state index contributed by atoms with van der Waals surface area (Å²) in [6.45, 7) is 2.22. The third-order valence-electron chi connectivity index (χ3n) is 1.42. The Balaban J connectivity index is 0. The monoisotopic (exact) mass is 204 g/mol. The molecule has 0 nitrogen and oxygen atoms in total. The molecule has 0 saturated carbocycles. The molecule has 0 aliphatic rings. The topological polar surface area (TPSA) is 0 Å². The molecule has 0 aromatic rings. The van der Waals surface area contributed by atoms with Crippen molar-refractivity contribution in [3.8, 4) is 12.3 Å². The lowest BCUT2D eigenvalue weighted by atomic mass is 10.1. The first-order valence-corrected chi connectivity index (χ1v) is 3.85. The molecule has 0 saturated heterocycles. The van der Waals surface area contributed by atoms with Gasteiger partial charge in [-0.15, -0.1) is 29.3 Å². The Kier molecular flexibility index (Phi) is 15.0. The molecule has 1 heteroatoms. The van der Waals surface area contributed by atoms with Gasteiger partial charge in [0.1, 0.15) is 0 Å². The Morgan fingerprint density at radius 2 is 1.70 bits per heavy atom. The highest BCUT2D eigenvalue weighted by Gasteiger charge is 1.84. The van der Waals surface area contributed by atoms with E-state index in [1.807, 2.05) is 0 Å². The molecule has 0 amide bonds. The Labute approximate surface area is 75.2 Å². The van der Waals surface area contributed by atoms with Crippen LogP contribution in [0.25, 0.3) is 0 Å². The highest BCUT2D eigenvalue weighted by atomic mass is 79.9. The van der Waals surface area contributed by atoms with Gasteiger partial charge in [0.05, 0.1) is 0 Å². The number of hydrogen-bond donors (Lipinski definition) is 0. The van der Waals surface area contributed by atoms with Crippen LogP contribution in [-0.2, 0) is 0 Å². The fraction of sp³-hybridized carbons (Fsp3) is 0.778. The Morgan fingerprint density at radius 1 is 1.10 bits per heavy atom. The standard InChI is InChI=1S/C9H16.BrH/c1-3-5-7-9-8-6-4-2;/h1H,4-9H2,2H3;1H. The molecule has 0 aromatic heterocycles. The molecule has 60 valence electrons. The lowest BCUT2D eigenvalue weighted by molar-refractivity contribution is 0.641. The zero-order valence-corrected chi connectivity index (χ0v) is 8.44. The zero-order chi connectivity index (χ0) is 6.95. The van der Waals surface area contributed by atoms with Crippen LogP contribution in [0.4, 0.5) is 0 Å². The third kappa shape index (κ3) is 10.9. The van der Waals surface area contributed by atoms with Crippen LogP contribution in [0.15, 0.2) is 0 Å². The van der Waals surface area contributed by atoms with Crippen LogP contribution in [0.3, 0.4) is 0 Å². The van der Waals surface area contributed by atoms with E-state index in [2.05, 4.69) is 12.8 Å². The van der Waals surface area contributed by atoms with E-state index in [4.69, 9.17) is 6.42 Å². The van der Waals surface area contributed by atoms with Crippen molar-refractivity contribution in [3.05, 3.63) is 0 Å². The molecule has 0 aliphatic heterocycles. The number of halogens is 1. The summed E-state index contributed by atoms with van der Waals surface area (Å²) in [7, 11) is 0. The molecule has 0 N–H and O–H groups in total. The normalized spacial score (nSPS) is 8.00. The van der Waals surface area contributed by atoms with Crippen LogP contribution in [-0.4, -0.2) is 0 Å². The number of unbranched alkanes of at least 4 members (excludes halogenated alkanes) is 5. The van der Waals surface area contributed by atoms with Gasteiger partial charge in [-0.3, -0.25) is 0 Å². The molecular weight excluding hydrogens is 188 g/mol. The Hall–Kier alpha value is 0.0400. The molecule has 0 spiro atoms. The van der Waals surface area contributed by atoms with E-state index in [9.17, 15) is 0 Å². The maximum Gasteiger partial charge on any atom is 0.00860 e. The van der Waals surface area contributed by atoms with E-state index in [1.54, 1.807) is 0 Å². The molecule has 0 aliphatic carbocycles. The van der Waals surface area contributed by atoms with Crippen molar-refractivity contribution in [2.24, 2.45) is 0 Å². The summed E-state index contributed by atoms with van der Waals surface area (Å²) in [5.41, 5.74) is 0. The lowest BCUT2D eigenvalue weighted by Crippen LogP contribution is -1.75.